The van der Waals surface area contributed by atoms with E-state index in [2.05, 4.69) is 41.2 Å². The van der Waals surface area contributed by atoms with Crippen LogP contribution in [0.25, 0.3) is 0 Å². The first-order valence-corrected chi connectivity index (χ1v) is 8.83. The van der Waals surface area contributed by atoms with E-state index in [1.807, 2.05) is 0 Å². The van der Waals surface area contributed by atoms with Crippen LogP contribution in [0.15, 0.2) is 10.5 Å². The molecule has 0 aliphatic carbocycles. The average molecular weight is 367 g/mol. The summed E-state index contributed by atoms with van der Waals surface area (Å²) in [5.74, 6) is 1.24. The second-order valence-electron chi connectivity index (χ2n) is 5.52. The van der Waals surface area contributed by atoms with Crippen LogP contribution < -0.4 is 5.32 Å². The number of hydrogen-bond donors (Lipinski definition) is 1. The molecule has 1 fully saturated rings. The van der Waals surface area contributed by atoms with Gasteiger partial charge in [-0.1, -0.05) is 25.4 Å². The predicted octanol–water partition coefficient (Wildman–Crippen LogP) is 4.88. The Kier molecular flexibility index (Phi) is 6.15. The Hall–Kier alpha value is 0.390. The maximum atomic E-state index is 6.14. The SMILES string of the molecule is CC(C)CNCC1CCCOC1c1cc(Br)c(Cl)s1. The molecule has 0 spiro atoms. The van der Waals surface area contributed by atoms with E-state index in [4.69, 9.17) is 16.3 Å². The summed E-state index contributed by atoms with van der Waals surface area (Å²) in [5, 5.41) is 3.56. The number of rotatable bonds is 5. The lowest BCUT2D eigenvalue weighted by Gasteiger charge is -2.31. The molecule has 2 rings (SSSR count). The first kappa shape index (κ1) is 15.8. The largest absolute Gasteiger partial charge is 0.372 e. The molecule has 2 unspecified atom stereocenters. The highest BCUT2D eigenvalue weighted by Gasteiger charge is 2.29. The first-order valence-electron chi connectivity index (χ1n) is 6.85. The molecule has 0 aromatic carbocycles. The second kappa shape index (κ2) is 7.41. The highest BCUT2D eigenvalue weighted by atomic mass is 79.9. The Bertz CT molecular complexity index is 391. The fraction of sp³-hybridized carbons (Fsp3) is 0.714. The van der Waals surface area contributed by atoms with Gasteiger partial charge in [0.15, 0.2) is 0 Å². The molecule has 5 heteroatoms. The third kappa shape index (κ3) is 4.43. The molecule has 1 saturated heterocycles. The minimum atomic E-state index is 0.196. The van der Waals surface area contributed by atoms with Crippen LogP contribution in [0.4, 0.5) is 0 Å². The summed E-state index contributed by atoms with van der Waals surface area (Å²) in [6.07, 6.45) is 2.58. The van der Waals surface area contributed by atoms with Crippen LogP contribution >= 0.6 is 38.9 Å². The zero-order valence-electron chi connectivity index (χ0n) is 11.4. The topological polar surface area (TPSA) is 21.3 Å². The fourth-order valence-corrected chi connectivity index (χ4v) is 4.31. The van der Waals surface area contributed by atoms with Gasteiger partial charge in [0.05, 0.1) is 6.10 Å². The van der Waals surface area contributed by atoms with E-state index in [9.17, 15) is 0 Å². The molecule has 0 amide bonds. The van der Waals surface area contributed by atoms with Crippen molar-refractivity contribution in [3.8, 4) is 0 Å². The highest BCUT2D eigenvalue weighted by Crippen LogP contribution is 2.41. The number of halogens is 2. The number of hydrogen-bond acceptors (Lipinski definition) is 3. The van der Waals surface area contributed by atoms with Gasteiger partial charge in [0.2, 0.25) is 0 Å². The maximum absolute atomic E-state index is 6.14. The first-order chi connectivity index (χ1) is 9.08. The van der Waals surface area contributed by atoms with Crippen molar-refractivity contribution in [2.45, 2.75) is 32.8 Å². The molecule has 19 heavy (non-hydrogen) atoms. The van der Waals surface area contributed by atoms with Gasteiger partial charge in [-0.3, -0.25) is 0 Å². The molecule has 1 aliphatic rings. The van der Waals surface area contributed by atoms with E-state index in [0.717, 1.165) is 34.9 Å². The van der Waals surface area contributed by atoms with Crippen LogP contribution in [-0.4, -0.2) is 19.7 Å². The number of ether oxygens (including phenoxy) is 1. The van der Waals surface area contributed by atoms with Crippen LogP contribution in [0, 0.1) is 11.8 Å². The summed E-state index contributed by atoms with van der Waals surface area (Å²) in [6.45, 7) is 7.42. The van der Waals surface area contributed by atoms with Gasteiger partial charge in [-0.2, -0.15) is 0 Å². The number of thiophene rings is 1. The monoisotopic (exact) mass is 365 g/mol. The summed E-state index contributed by atoms with van der Waals surface area (Å²) in [4.78, 5) is 1.24. The van der Waals surface area contributed by atoms with E-state index < -0.39 is 0 Å². The molecular weight excluding hydrogens is 346 g/mol. The Balaban J connectivity index is 1.99. The summed E-state index contributed by atoms with van der Waals surface area (Å²) in [7, 11) is 0. The van der Waals surface area contributed by atoms with E-state index in [1.165, 1.54) is 11.3 Å². The van der Waals surface area contributed by atoms with Gasteiger partial charge in [0, 0.05) is 28.4 Å². The minimum absolute atomic E-state index is 0.196. The molecule has 2 heterocycles. The summed E-state index contributed by atoms with van der Waals surface area (Å²) in [5.41, 5.74) is 0. The third-order valence-electron chi connectivity index (χ3n) is 3.35. The minimum Gasteiger partial charge on any atom is -0.372 e. The van der Waals surface area contributed by atoms with E-state index in [1.54, 1.807) is 11.3 Å². The van der Waals surface area contributed by atoms with Crippen molar-refractivity contribution in [3.05, 3.63) is 19.8 Å². The molecule has 1 aromatic rings. The van der Waals surface area contributed by atoms with Gasteiger partial charge < -0.3 is 10.1 Å². The molecule has 0 radical (unpaired) electrons. The average Bonchev–Trinajstić information content (AvgIpc) is 2.70. The van der Waals surface area contributed by atoms with E-state index in [-0.39, 0.29) is 6.10 Å². The third-order valence-corrected chi connectivity index (χ3v) is 5.88. The standard InChI is InChI=1S/C14H21BrClNOS/c1-9(2)7-17-8-10-4-3-5-18-13(10)12-6-11(15)14(16)19-12/h6,9-10,13,17H,3-5,7-8H2,1-2H3. The maximum Gasteiger partial charge on any atom is 0.107 e. The van der Waals surface area contributed by atoms with Gasteiger partial charge in [0.25, 0.3) is 0 Å². The quantitative estimate of drug-likeness (QED) is 0.802. The lowest BCUT2D eigenvalue weighted by Crippen LogP contribution is -2.33. The summed E-state index contributed by atoms with van der Waals surface area (Å²) < 4.78 is 7.79. The van der Waals surface area contributed by atoms with Crippen LogP contribution in [-0.2, 0) is 4.74 Å². The molecule has 1 N–H and O–H groups in total. The Morgan fingerprint density at radius 3 is 3.00 bits per heavy atom. The van der Waals surface area contributed by atoms with Crippen molar-refractivity contribution < 1.29 is 4.74 Å². The van der Waals surface area contributed by atoms with Gasteiger partial charge in [-0.05, 0) is 47.3 Å². The van der Waals surface area contributed by atoms with Crippen LogP contribution in [0.2, 0.25) is 4.34 Å². The van der Waals surface area contributed by atoms with Crippen molar-refractivity contribution in [1.82, 2.24) is 5.32 Å². The van der Waals surface area contributed by atoms with Gasteiger partial charge in [-0.25, -0.2) is 0 Å². The van der Waals surface area contributed by atoms with Crippen molar-refractivity contribution >= 4 is 38.9 Å². The fourth-order valence-electron chi connectivity index (χ4n) is 2.43. The second-order valence-corrected chi connectivity index (χ2v) is 8.06. The molecular formula is C14H21BrClNOS. The zero-order chi connectivity index (χ0) is 13.8. The lowest BCUT2D eigenvalue weighted by atomic mass is 9.93. The zero-order valence-corrected chi connectivity index (χ0v) is 14.6. The lowest BCUT2D eigenvalue weighted by molar-refractivity contribution is -0.0257. The van der Waals surface area contributed by atoms with Crippen LogP contribution in [0.1, 0.15) is 37.7 Å². The molecule has 2 atom stereocenters. The Labute approximate surface area is 133 Å². The Morgan fingerprint density at radius 1 is 1.58 bits per heavy atom. The predicted molar refractivity (Wildman–Crippen MR) is 86.2 cm³/mol. The Morgan fingerprint density at radius 2 is 2.37 bits per heavy atom. The smallest absolute Gasteiger partial charge is 0.107 e. The summed E-state index contributed by atoms with van der Waals surface area (Å²) in [6, 6.07) is 2.11. The normalized spacial score (nSPS) is 24.1. The summed E-state index contributed by atoms with van der Waals surface area (Å²) >= 11 is 11.3. The highest BCUT2D eigenvalue weighted by molar-refractivity contribution is 9.10. The number of nitrogens with one attached hydrogen (secondary N) is 1. The van der Waals surface area contributed by atoms with Crippen molar-refractivity contribution in [1.29, 1.82) is 0 Å². The molecule has 108 valence electrons. The van der Waals surface area contributed by atoms with Crippen molar-refractivity contribution in [2.75, 3.05) is 19.7 Å². The van der Waals surface area contributed by atoms with Gasteiger partial charge in [-0.15, -0.1) is 11.3 Å². The van der Waals surface area contributed by atoms with Crippen molar-refractivity contribution in [2.24, 2.45) is 11.8 Å². The van der Waals surface area contributed by atoms with Crippen LogP contribution in [0.5, 0.6) is 0 Å². The van der Waals surface area contributed by atoms with Gasteiger partial charge in [0.1, 0.15) is 4.34 Å². The van der Waals surface area contributed by atoms with Crippen molar-refractivity contribution in [3.63, 3.8) is 0 Å². The van der Waals surface area contributed by atoms with Crippen LogP contribution in [0.3, 0.4) is 0 Å². The molecule has 2 nitrogen and oxygen atoms in total. The molecule has 0 saturated carbocycles. The van der Waals surface area contributed by atoms with E-state index >= 15 is 0 Å². The van der Waals surface area contributed by atoms with Gasteiger partial charge >= 0.3 is 0 Å². The molecule has 0 bridgehead atoms. The molecule has 1 aromatic heterocycles. The molecule has 1 aliphatic heterocycles. The van der Waals surface area contributed by atoms with E-state index in [0.29, 0.717) is 11.8 Å².